The first-order valence-corrected chi connectivity index (χ1v) is 9.49. The van der Waals surface area contributed by atoms with E-state index in [0.29, 0.717) is 30.7 Å². The summed E-state index contributed by atoms with van der Waals surface area (Å²) in [5.41, 5.74) is 0.527. The number of piperidine rings is 1. The van der Waals surface area contributed by atoms with E-state index in [1.165, 1.54) is 23.1 Å². The lowest BCUT2D eigenvalue weighted by Crippen LogP contribution is -2.46. The number of halogens is 2. The van der Waals surface area contributed by atoms with Gasteiger partial charge in [0.15, 0.2) is 0 Å². The summed E-state index contributed by atoms with van der Waals surface area (Å²) in [6, 6.07) is 3.55. The first-order chi connectivity index (χ1) is 13.5. The van der Waals surface area contributed by atoms with E-state index in [0.717, 1.165) is 12.8 Å². The molecule has 0 bridgehead atoms. The van der Waals surface area contributed by atoms with Crippen LogP contribution in [-0.4, -0.2) is 39.9 Å². The lowest BCUT2D eigenvalue weighted by Gasteiger charge is -2.35. The number of hydrogen-bond acceptors (Lipinski definition) is 4. The monoisotopic (exact) mass is 392 g/mol. The number of ether oxygens (including phenoxy) is 1. The number of rotatable bonds is 5. The number of benzene rings is 1. The van der Waals surface area contributed by atoms with E-state index in [1.54, 1.807) is 0 Å². The Kier molecular flexibility index (Phi) is 5.05. The van der Waals surface area contributed by atoms with E-state index in [2.05, 4.69) is 5.16 Å². The van der Waals surface area contributed by atoms with Crippen molar-refractivity contribution in [3.8, 4) is 11.3 Å². The van der Waals surface area contributed by atoms with Gasteiger partial charge in [-0.05, 0) is 44.7 Å². The summed E-state index contributed by atoms with van der Waals surface area (Å²) in [4.78, 5) is 12.6. The largest absolute Gasteiger partial charge is 0.465 e. The molecule has 1 saturated carbocycles. The molecule has 4 rings (SSSR count). The van der Waals surface area contributed by atoms with Gasteiger partial charge in [-0.25, -0.2) is 13.6 Å². The third-order valence-corrected chi connectivity index (χ3v) is 5.50. The molecule has 1 aliphatic heterocycles. The Balaban J connectivity index is 1.55. The molecular formula is C20H22F2N2O4. The maximum atomic E-state index is 14.3. The fourth-order valence-corrected chi connectivity index (χ4v) is 3.81. The van der Waals surface area contributed by atoms with Gasteiger partial charge in [-0.1, -0.05) is 11.2 Å². The zero-order valence-electron chi connectivity index (χ0n) is 15.5. The number of hydrogen-bond donors (Lipinski definition) is 1. The Morgan fingerprint density at radius 1 is 1.32 bits per heavy atom. The van der Waals surface area contributed by atoms with Gasteiger partial charge in [-0.3, -0.25) is 0 Å². The van der Waals surface area contributed by atoms with Crippen molar-refractivity contribution < 1.29 is 27.9 Å². The van der Waals surface area contributed by atoms with Crippen LogP contribution in [0.25, 0.3) is 11.3 Å². The van der Waals surface area contributed by atoms with E-state index in [9.17, 15) is 18.7 Å². The van der Waals surface area contributed by atoms with Gasteiger partial charge in [0.25, 0.3) is 0 Å². The molecule has 150 valence electrons. The number of nitrogens with zero attached hydrogens (tertiary/aromatic N) is 2. The van der Waals surface area contributed by atoms with Gasteiger partial charge in [-0.15, -0.1) is 0 Å². The summed E-state index contributed by atoms with van der Waals surface area (Å²) in [6.45, 7) is 2.37. The van der Waals surface area contributed by atoms with Crippen LogP contribution in [0.15, 0.2) is 22.7 Å². The highest BCUT2D eigenvalue weighted by Crippen LogP contribution is 2.45. The quantitative estimate of drug-likeness (QED) is 0.808. The molecule has 2 atom stereocenters. The summed E-state index contributed by atoms with van der Waals surface area (Å²) >= 11 is 0. The average Bonchev–Trinajstić information content (AvgIpc) is 3.40. The van der Waals surface area contributed by atoms with Crippen molar-refractivity contribution in [1.82, 2.24) is 10.1 Å². The lowest BCUT2D eigenvalue weighted by molar-refractivity contribution is -0.0160. The minimum atomic E-state index is -0.932. The first kappa shape index (κ1) is 18.9. The molecule has 1 saturated heterocycles. The molecule has 8 heteroatoms. The van der Waals surface area contributed by atoms with Crippen molar-refractivity contribution in [2.24, 2.45) is 0 Å². The molecule has 2 aliphatic rings. The molecule has 1 aromatic carbocycles. The van der Waals surface area contributed by atoms with E-state index < -0.39 is 17.7 Å². The first-order valence-electron chi connectivity index (χ1n) is 9.49. The fraction of sp³-hybridized carbons (Fsp3) is 0.500. The highest BCUT2D eigenvalue weighted by Gasteiger charge is 2.35. The predicted octanol–water partition coefficient (Wildman–Crippen LogP) is 4.54. The Bertz CT molecular complexity index is 861. The summed E-state index contributed by atoms with van der Waals surface area (Å²) < 4.78 is 40.0. The summed E-state index contributed by atoms with van der Waals surface area (Å²) in [5.74, 6) is -0.545. The Labute approximate surface area is 161 Å². The van der Waals surface area contributed by atoms with Gasteiger partial charge in [-0.2, -0.15) is 0 Å². The number of amides is 1. The van der Waals surface area contributed by atoms with Crippen LogP contribution in [0.3, 0.4) is 0 Å². The smallest absolute Gasteiger partial charge is 0.407 e. The van der Waals surface area contributed by atoms with Gasteiger partial charge >= 0.3 is 6.09 Å². The maximum absolute atomic E-state index is 14.3. The van der Waals surface area contributed by atoms with Crippen molar-refractivity contribution >= 4 is 6.09 Å². The van der Waals surface area contributed by atoms with Crippen molar-refractivity contribution in [3.63, 3.8) is 0 Å². The molecular weight excluding hydrogens is 370 g/mol. The Hall–Kier alpha value is -2.48. The number of aromatic nitrogens is 1. The van der Waals surface area contributed by atoms with Crippen molar-refractivity contribution in [1.29, 1.82) is 0 Å². The number of carbonyl (C=O) groups is 1. The van der Waals surface area contributed by atoms with Gasteiger partial charge in [0.2, 0.25) is 0 Å². The molecule has 2 aromatic rings. The zero-order valence-corrected chi connectivity index (χ0v) is 15.5. The second-order valence-corrected chi connectivity index (χ2v) is 7.53. The second kappa shape index (κ2) is 7.50. The van der Waals surface area contributed by atoms with Crippen LogP contribution >= 0.6 is 0 Å². The molecule has 0 spiro atoms. The zero-order chi connectivity index (χ0) is 19.8. The third kappa shape index (κ3) is 3.61. The molecule has 1 aromatic heterocycles. The molecule has 6 nitrogen and oxygen atoms in total. The molecule has 2 heterocycles. The van der Waals surface area contributed by atoms with E-state index in [4.69, 9.17) is 9.26 Å². The molecule has 0 radical (unpaired) electrons. The minimum absolute atomic E-state index is 0.128. The maximum Gasteiger partial charge on any atom is 0.407 e. The van der Waals surface area contributed by atoms with Crippen molar-refractivity contribution in [3.05, 3.63) is 41.2 Å². The Morgan fingerprint density at radius 2 is 2.04 bits per heavy atom. The summed E-state index contributed by atoms with van der Waals surface area (Å²) in [6.07, 6.45) is 1.98. The van der Waals surface area contributed by atoms with Crippen LogP contribution in [0.4, 0.5) is 13.6 Å². The molecule has 1 amide bonds. The Morgan fingerprint density at radius 3 is 2.64 bits per heavy atom. The molecule has 1 aliphatic carbocycles. The van der Waals surface area contributed by atoms with Crippen LogP contribution in [0, 0.1) is 11.6 Å². The third-order valence-electron chi connectivity index (χ3n) is 5.50. The standard InChI is InChI=1S/C20H22F2N2O4/c1-11-9-13(7-8-24(11)20(25)26)27-10-14-18(23-28-19(14)12-5-6-12)17-15(21)3-2-4-16(17)22/h2-4,11-13H,5-10H2,1H3,(H,25,26). The number of likely N-dealkylation sites (tertiary alicyclic amines) is 1. The van der Waals surface area contributed by atoms with Gasteiger partial charge in [0, 0.05) is 24.1 Å². The molecule has 28 heavy (non-hydrogen) atoms. The second-order valence-electron chi connectivity index (χ2n) is 7.53. The van der Waals surface area contributed by atoms with Crippen LogP contribution in [0.1, 0.15) is 49.8 Å². The van der Waals surface area contributed by atoms with Gasteiger partial charge in [0.1, 0.15) is 23.1 Å². The summed E-state index contributed by atoms with van der Waals surface area (Å²) in [5, 5.41) is 13.1. The normalized spacial score (nSPS) is 22.5. The molecule has 2 unspecified atom stereocenters. The number of carboxylic acid groups (broad SMARTS) is 1. The SMILES string of the molecule is CC1CC(OCc2c(-c3c(F)cccc3F)noc2C2CC2)CCN1C(=O)O. The highest BCUT2D eigenvalue weighted by molar-refractivity contribution is 5.66. The van der Waals surface area contributed by atoms with Crippen LogP contribution in [0.5, 0.6) is 0 Å². The van der Waals surface area contributed by atoms with Crippen molar-refractivity contribution in [2.45, 2.75) is 57.3 Å². The van der Waals surface area contributed by atoms with Gasteiger partial charge in [0.05, 0.1) is 18.3 Å². The van der Waals surface area contributed by atoms with Crippen LogP contribution < -0.4 is 0 Å². The fourth-order valence-electron chi connectivity index (χ4n) is 3.81. The topological polar surface area (TPSA) is 75.8 Å². The van der Waals surface area contributed by atoms with E-state index >= 15 is 0 Å². The van der Waals surface area contributed by atoms with Crippen LogP contribution in [0.2, 0.25) is 0 Å². The van der Waals surface area contributed by atoms with Gasteiger partial charge < -0.3 is 19.3 Å². The van der Waals surface area contributed by atoms with Crippen molar-refractivity contribution in [2.75, 3.05) is 6.54 Å². The molecule has 1 N–H and O–H groups in total. The summed E-state index contributed by atoms with van der Waals surface area (Å²) in [7, 11) is 0. The van der Waals surface area contributed by atoms with E-state index in [1.807, 2.05) is 6.92 Å². The van der Waals surface area contributed by atoms with Crippen LogP contribution in [-0.2, 0) is 11.3 Å². The van der Waals surface area contributed by atoms with E-state index in [-0.39, 0.29) is 35.9 Å². The molecule has 2 fully saturated rings. The predicted molar refractivity (Wildman–Crippen MR) is 95.8 cm³/mol. The highest BCUT2D eigenvalue weighted by atomic mass is 19.1. The lowest BCUT2D eigenvalue weighted by atomic mass is 10.0. The average molecular weight is 392 g/mol. The minimum Gasteiger partial charge on any atom is -0.465 e.